The van der Waals surface area contributed by atoms with E-state index < -0.39 is 0 Å². The molecule has 0 radical (unpaired) electrons. The predicted molar refractivity (Wildman–Crippen MR) is 82.1 cm³/mol. The third-order valence-corrected chi connectivity index (χ3v) is 3.97. The molecule has 7 heteroatoms. The fourth-order valence-corrected chi connectivity index (χ4v) is 1.97. The number of nitrogens with zero attached hydrogens (tertiary/aromatic N) is 2. The first-order valence-electron chi connectivity index (χ1n) is 6.30. The minimum atomic E-state index is -0.372. The summed E-state index contributed by atoms with van der Waals surface area (Å²) in [6, 6.07) is 0. The molecule has 1 rings (SSSR count). The van der Waals surface area contributed by atoms with E-state index >= 15 is 0 Å². The molecular weight excluding hydrogens is 264 g/mol. The van der Waals surface area contributed by atoms with Crippen molar-refractivity contribution in [3.8, 4) is 0 Å². The van der Waals surface area contributed by atoms with Crippen molar-refractivity contribution in [2.24, 2.45) is 7.05 Å². The zero-order chi connectivity index (χ0) is 14.6. The molecule has 1 atom stereocenters. The molecule has 0 amide bonds. The topological polar surface area (TPSA) is 82.0 Å². The molecule has 0 saturated heterocycles. The van der Waals surface area contributed by atoms with Crippen LogP contribution in [0.3, 0.4) is 0 Å². The van der Waals surface area contributed by atoms with Crippen molar-refractivity contribution in [2.45, 2.75) is 32.1 Å². The number of nitrogens with one attached hydrogen (secondary N) is 1. The number of aromatic nitrogens is 2. The number of hydrogen-bond donors (Lipinski definition) is 2. The normalized spacial score (nSPS) is 12.4. The Hall–Kier alpha value is -1.37. The van der Waals surface area contributed by atoms with Crippen molar-refractivity contribution < 1.29 is 0 Å². The van der Waals surface area contributed by atoms with Crippen LogP contribution in [-0.2, 0) is 13.6 Å². The van der Waals surface area contributed by atoms with Crippen molar-refractivity contribution in [2.75, 3.05) is 23.9 Å². The molecular formula is C12H22N4O2S. The first-order valence-corrected chi connectivity index (χ1v) is 7.58. The number of anilines is 2. The van der Waals surface area contributed by atoms with Gasteiger partial charge in [-0.15, -0.1) is 0 Å². The fraction of sp³-hybridized carbons (Fsp3) is 0.667. The first kappa shape index (κ1) is 15.7. The third-order valence-electron chi connectivity index (χ3n) is 3.00. The molecule has 6 nitrogen and oxygen atoms in total. The average Bonchev–Trinajstić information content (AvgIpc) is 2.41. The van der Waals surface area contributed by atoms with Gasteiger partial charge in [-0.2, -0.15) is 11.8 Å². The minimum Gasteiger partial charge on any atom is -0.383 e. The van der Waals surface area contributed by atoms with E-state index in [-0.39, 0.29) is 17.1 Å². The lowest BCUT2D eigenvalue weighted by atomic mass is 10.3. The summed E-state index contributed by atoms with van der Waals surface area (Å²) >= 11 is 1.70. The van der Waals surface area contributed by atoms with Crippen molar-refractivity contribution >= 4 is 23.3 Å². The van der Waals surface area contributed by atoms with E-state index in [4.69, 9.17) is 5.73 Å². The summed E-state index contributed by atoms with van der Waals surface area (Å²) in [5, 5.41) is 3.42. The van der Waals surface area contributed by atoms with Crippen molar-refractivity contribution in [3.05, 3.63) is 20.8 Å². The number of thioether (sulfide) groups is 1. The second-order valence-electron chi connectivity index (χ2n) is 4.49. The van der Waals surface area contributed by atoms with Gasteiger partial charge in [0.2, 0.25) is 0 Å². The quantitative estimate of drug-likeness (QED) is 0.804. The van der Waals surface area contributed by atoms with E-state index in [0.29, 0.717) is 24.0 Å². The van der Waals surface area contributed by atoms with Crippen LogP contribution in [0.25, 0.3) is 0 Å². The van der Waals surface area contributed by atoms with Crippen LogP contribution in [0.2, 0.25) is 0 Å². The van der Waals surface area contributed by atoms with Crippen LogP contribution in [0.5, 0.6) is 0 Å². The molecule has 19 heavy (non-hydrogen) atoms. The van der Waals surface area contributed by atoms with E-state index in [1.165, 1.54) is 11.6 Å². The van der Waals surface area contributed by atoms with Gasteiger partial charge in [-0.3, -0.25) is 13.9 Å². The minimum absolute atomic E-state index is 0.225. The Balaban J connectivity index is 3.24. The maximum absolute atomic E-state index is 12.1. The second kappa shape index (κ2) is 6.70. The second-order valence-corrected chi connectivity index (χ2v) is 5.76. The van der Waals surface area contributed by atoms with Gasteiger partial charge in [0.15, 0.2) is 0 Å². The van der Waals surface area contributed by atoms with Crippen LogP contribution in [0.1, 0.15) is 20.3 Å². The molecule has 0 fully saturated rings. The molecule has 1 aromatic heterocycles. The number of hydrogen-bond acceptors (Lipinski definition) is 5. The summed E-state index contributed by atoms with van der Waals surface area (Å²) in [5.41, 5.74) is 5.52. The van der Waals surface area contributed by atoms with Crippen molar-refractivity contribution in [1.29, 1.82) is 0 Å². The lowest BCUT2D eigenvalue weighted by Crippen LogP contribution is -2.41. The van der Waals surface area contributed by atoms with E-state index in [9.17, 15) is 9.59 Å². The van der Waals surface area contributed by atoms with Crippen LogP contribution in [0.4, 0.5) is 11.5 Å². The Morgan fingerprint density at radius 3 is 2.58 bits per heavy atom. The Bertz CT molecular complexity index is 550. The summed E-state index contributed by atoms with van der Waals surface area (Å²) in [5.74, 6) is 0.225. The van der Waals surface area contributed by atoms with Gasteiger partial charge in [-0.1, -0.05) is 13.8 Å². The molecule has 0 aliphatic carbocycles. The van der Waals surface area contributed by atoms with E-state index in [1.807, 2.05) is 13.2 Å². The van der Waals surface area contributed by atoms with Gasteiger partial charge in [0.25, 0.3) is 5.56 Å². The number of rotatable bonds is 6. The van der Waals surface area contributed by atoms with Gasteiger partial charge in [0.1, 0.15) is 11.5 Å². The maximum atomic E-state index is 12.1. The van der Waals surface area contributed by atoms with E-state index in [1.54, 1.807) is 11.8 Å². The van der Waals surface area contributed by atoms with Gasteiger partial charge in [0.05, 0.1) is 0 Å². The van der Waals surface area contributed by atoms with Crippen LogP contribution in [0, 0.1) is 0 Å². The summed E-state index contributed by atoms with van der Waals surface area (Å²) in [7, 11) is 1.47. The molecule has 0 aliphatic heterocycles. The third kappa shape index (κ3) is 3.34. The van der Waals surface area contributed by atoms with Gasteiger partial charge in [0, 0.05) is 25.4 Å². The van der Waals surface area contributed by atoms with Crippen molar-refractivity contribution in [1.82, 2.24) is 9.13 Å². The summed E-state index contributed by atoms with van der Waals surface area (Å²) in [6.07, 6.45) is 2.79. The smallest absolute Gasteiger partial charge is 0.332 e. The van der Waals surface area contributed by atoms with Gasteiger partial charge in [-0.05, 0) is 12.7 Å². The molecule has 1 unspecified atom stereocenters. The summed E-state index contributed by atoms with van der Waals surface area (Å²) in [4.78, 5) is 24.0. The fourth-order valence-electron chi connectivity index (χ4n) is 1.72. The van der Waals surface area contributed by atoms with E-state index in [2.05, 4.69) is 12.2 Å². The molecule has 0 aliphatic rings. The van der Waals surface area contributed by atoms with Crippen LogP contribution in [0.15, 0.2) is 9.59 Å². The Morgan fingerprint density at radius 1 is 1.42 bits per heavy atom. The largest absolute Gasteiger partial charge is 0.383 e. The SMILES string of the molecule is CCCn1c(N)c(NCC(C)SC)c(=O)n(C)c1=O. The van der Waals surface area contributed by atoms with Gasteiger partial charge >= 0.3 is 5.69 Å². The molecule has 3 N–H and O–H groups in total. The Kier molecular flexibility index (Phi) is 5.53. The van der Waals surface area contributed by atoms with Gasteiger partial charge < -0.3 is 11.1 Å². The van der Waals surface area contributed by atoms with Crippen molar-refractivity contribution in [3.63, 3.8) is 0 Å². The predicted octanol–water partition coefficient (Wildman–Crippen LogP) is 0.703. The molecule has 1 heterocycles. The summed E-state index contributed by atoms with van der Waals surface area (Å²) < 4.78 is 2.53. The lowest BCUT2D eigenvalue weighted by molar-refractivity contribution is 0.600. The lowest BCUT2D eigenvalue weighted by Gasteiger charge is -2.17. The highest BCUT2D eigenvalue weighted by molar-refractivity contribution is 7.99. The monoisotopic (exact) mass is 286 g/mol. The number of nitrogens with two attached hydrogens (primary N) is 1. The molecule has 108 valence electrons. The maximum Gasteiger partial charge on any atom is 0.332 e. The molecule has 1 aromatic rings. The molecule has 0 spiro atoms. The summed E-state index contributed by atoms with van der Waals surface area (Å²) in [6.45, 7) is 5.15. The Labute approximate surface area is 117 Å². The van der Waals surface area contributed by atoms with Gasteiger partial charge in [-0.25, -0.2) is 4.79 Å². The number of nitrogen functional groups attached to an aromatic ring is 1. The van der Waals surface area contributed by atoms with Crippen LogP contribution >= 0.6 is 11.8 Å². The van der Waals surface area contributed by atoms with Crippen LogP contribution < -0.4 is 22.3 Å². The van der Waals surface area contributed by atoms with Crippen LogP contribution in [-0.4, -0.2) is 27.2 Å². The zero-order valence-electron chi connectivity index (χ0n) is 11.9. The molecule has 0 aromatic carbocycles. The Morgan fingerprint density at radius 2 is 2.05 bits per heavy atom. The highest BCUT2D eigenvalue weighted by Gasteiger charge is 2.15. The standard InChI is InChI=1S/C12H22N4O2S/c1-5-6-16-10(13)9(14-7-8(2)19-4)11(17)15(3)12(16)18/h8,14H,5-7,13H2,1-4H3. The highest BCUT2D eigenvalue weighted by Crippen LogP contribution is 2.13. The average molecular weight is 286 g/mol. The van der Waals surface area contributed by atoms with E-state index in [0.717, 1.165) is 11.0 Å². The molecule has 0 saturated carbocycles. The molecule has 0 bridgehead atoms. The zero-order valence-corrected chi connectivity index (χ0v) is 12.7. The first-order chi connectivity index (χ1) is 8.93. The highest BCUT2D eigenvalue weighted by atomic mass is 32.2.